The summed E-state index contributed by atoms with van der Waals surface area (Å²) in [5.74, 6) is 0.599. The van der Waals surface area contributed by atoms with Crippen LogP contribution >= 0.6 is 0 Å². The molecule has 120 valence electrons. The van der Waals surface area contributed by atoms with Crippen LogP contribution in [-0.4, -0.2) is 12.6 Å². The van der Waals surface area contributed by atoms with E-state index in [2.05, 4.69) is 6.07 Å². The minimum absolute atomic E-state index is 0.196. The van der Waals surface area contributed by atoms with E-state index in [1.807, 2.05) is 50.2 Å². The SMILES string of the molecule is CCOC(=O)CCC1(C)Oc2ccc(N)cc2-c2ccccc21. The van der Waals surface area contributed by atoms with Crippen LogP contribution in [0.4, 0.5) is 5.69 Å². The highest BCUT2D eigenvalue weighted by Crippen LogP contribution is 2.47. The molecule has 1 unspecified atom stereocenters. The van der Waals surface area contributed by atoms with Gasteiger partial charge in [-0.2, -0.15) is 0 Å². The molecule has 0 aliphatic carbocycles. The summed E-state index contributed by atoms with van der Waals surface area (Å²) in [7, 11) is 0. The molecule has 0 spiro atoms. The number of rotatable bonds is 4. The highest BCUT2D eigenvalue weighted by Gasteiger charge is 2.36. The lowest BCUT2D eigenvalue weighted by Gasteiger charge is -2.37. The van der Waals surface area contributed by atoms with Gasteiger partial charge in [0, 0.05) is 29.7 Å². The molecule has 0 saturated carbocycles. The monoisotopic (exact) mass is 311 g/mol. The predicted octanol–water partition coefficient (Wildman–Crippen LogP) is 3.89. The molecule has 2 N–H and O–H groups in total. The molecule has 0 saturated heterocycles. The Hall–Kier alpha value is -2.49. The van der Waals surface area contributed by atoms with Crippen LogP contribution in [0, 0.1) is 0 Å². The molecule has 2 aromatic carbocycles. The Morgan fingerprint density at radius 1 is 1.22 bits per heavy atom. The molecule has 0 aromatic heterocycles. The third kappa shape index (κ3) is 2.89. The highest BCUT2D eigenvalue weighted by atomic mass is 16.5. The fraction of sp³-hybridized carbons (Fsp3) is 0.316. The summed E-state index contributed by atoms with van der Waals surface area (Å²) in [6.45, 7) is 4.23. The first-order chi connectivity index (χ1) is 11.0. The number of ether oxygens (including phenoxy) is 2. The van der Waals surface area contributed by atoms with E-state index >= 15 is 0 Å². The fourth-order valence-electron chi connectivity index (χ4n) is 3.08. The van der Waals surface area contributed by atoms with Crippen molar-refractivity contribution in [2.75, 3.05) is 12.3 Å². The Bertz CT molecular complexity index is 741. The Labute approximate surface area is 136 Å². The quantitative estimate of drug-likeness (QED) is 0.687. The van der Waals surface area contributed by atoms with Gasteiger partial charge in [0.2, 0.25) is 0 Å². The third-order valence-corrected chi connectivity index (χ3v) is 4.24. The summed E-state index contributed by atoms with van der Waals surface area (Å²) in [5.41, 5.74) is 9.23. The molecule has 4 heteroatoms. The number of benzene rings is 2. The summed E-state index contributed by atoms with van der Waals surface area (Å²) < 4.78 is 11.3. The van der Waals surface area contributed by atoms with Crippen LogP contribution in [0.25, 0.3) is 11.1 Å². The first-order valence-corrected chi connectivity index (χ1v) is 7.87. The van der Waals surface area contributed by atoms with Crippen molar-refractivity contribution in [3.63, 3.8) is 0 Å². The molecule has 3 rings (SSSR count). The predicted molar refractivity (Wildman–Crippen MR) is 90.1 cm³/mol. The van der Waals surface area contributed by atoms with E-state index in [0.29, 0.717) is 25.1 Å². The number of hydrogen-bond donors (Lipinski definition) is 1. The number of carbonyl (C=O) groups excluding carboxylic acids is 1. The minimum atomic E-state index is -0.563. The Morgan fingerprint density at radius 2 is 2.00 bits per heavy atom. The van der Waals surface area contributed by atoms with Crippen molar-refractivity contribution in [3.05, 3.63) is 48.0 Å². The first kappa shape index (κ1) is 15.4. The van der Waals surface area contributed by atoms with E-state index in [0.717, 1.165) is 22.4 Å². The van der Waals surface area contributed by atoms with Gasteiger partial charge in [-0.15, -0.1) is 0 Å². The number of anilines is 1. The number of esters is 1. The van der Waals surface area contributed by atoms with Crippen molar-refractivity contribution in [1.82, 2.24) is 0 Å². The van der Waals surface area contributed by atoms with Crippen molar-refractivity contribution in [2.24, 2.45) is 0 Å². The van der Waals surface area contributed by atoms with Crippen molar-refractivity contribution in [1.29, 1.82) is 0 Å². The smallest absolute Gasteiger partial charge is 0.305 e. The van der Waals surface area contributed by atoms with E-state index in [9.17, 15) is 4.79 Å². The van der Waals surface area contributed by atoms with Gasteiger partial charge in [0.1, 0.15) is 11.4 Å². The van der Waals surface area contributed by atoms with Crippen molar-refractivity contribution < 1.29 is 14.3 Å². The van der Waals surface area contributed by atoms with Gasteiger partial charge in [0.15, 0.2) is 0 Å². The summed E-state index contributed by atoms with van der Waals surface area (Å²) in [5, 5.41) is 0. The number of nitrogens with two attached hydrogens (primary N) is 1. The molecular formula is C19H21NO3. The van der Waals surface area contributed by atoms with Crippen LogP contribution in [0.15, 0.2) is 42.5 Å². The topological polar surface area (TPSA) is 61.5 Å². The van der Waals surface area contributed by atoms with Gasteiger partial charge in [0.25, 0.3) is 0 Å². The van der Waals surface area contributed by atoms with Gasteiger partial charge < -0.3 is 15.2 Å². The first-order valence-electron chi connectivity index (χ1n) is 7.87. The van der Waals surface area contributed by atoms with Gasteiger partial charge in [0.05, 0.1) is 6.61 Å². The number of fused-ring (bicyclic) bond motifs is 3. The largest absolute Gasteiger partial charge is 0.482 e. The van der Waals surface area contributed by atoms with Crippen LogP contribution in [0.2, 0.25) is 0 Å². The zero-order valence-corrected chi connectivity index (χ0v) is 13.5. The van der Waals surface area contributed by atoms with Gasteiger partial charge in [-0.05, 0) is 37.6 Å². The minimum Gasteiger partial charge on any atom is -0.482 e. The maximum atomic E-state index is 11.7. The summed E-state index contributed by atoms with van der Waals surface area (Å²) in [6, 6.07) is 13.8. The molecule has 2 aromatic rings. The average Bonchev–Trinajstić information content (AvgIpc) is 2.55. The van der Waals surface area contributed by atoms with Crippen molar-refractivity contribution in [2.45, 2.75) is 32.3 Å². The van der Waals surface area contributed by atoms with E-state index in [4.69, 9.17) is 15.2 Å². The van der Waals surface area contributed by atoms with E-state index < -0.39 is 5.60 Å². The normalized spacial score (nSPS) is 18.5. The molecule has 0 amide bonds. The second-order valence-corrected chi connectivity index (χ2v) is 5.94. The van der Waals surface area contributed by atoms with Crippen molar-refractivity contribution in [3.8, 4) is 16.9 Å². The van der Waals surface area contributed by atoms with E-state index in [1.165, 1.54) is 0 Å². The van der Waals surface area contributed by atoms with Gasteiger partial charge in [-0.1, -0.05) is 24.3 Å². The van der Waals surface area contributed by atoms with Crippen LogP contribution in [0.3, 0.4) is 0 Å². The van der Waals surface area contributed by atoms with E-state index in [1.54, 1.807) is 0 Å². The highest BCUT2D eigenvalue weighted by molar-refractivity contribution is 5.79. The molecular weight excluding hydrogens is 290 g/mol. The van der Waals surface area contributed by atoms with Gasteiger partial charge in [-0.25, -0.2) is 0 Å². The zero-order valence-electron chi connectivity index (χ0n) is 13.5. The maximum absolute atomic E-state index is 11.7. The molecule has 1 heterocycles. The molecule has 0 radical (unpaired) electrons. The standard InChI is InChI=1S/C19H21NO3/c1-3-22-18(21)10-11-19(2)16-7-5-4-6-14(16)15-12-13(20)8-9-17(15)23-19/h4-9,12H,3,10-11,20H2,1-2H3. The second kappa shape index (κ2) is 5.95. The van der Waals surface area contributed by atoms with Crippen LogP contribution in [0.5, 0.6) is 5.75 Å². The van der Waals surface area contributed by atoms with Crippen LogP contribution in [0.1, 0.15) is 32.3 Å². The van der Waals surface area contributed by atoms with Crippen molar-refractivity contribution >= 4 is 11.7 Å². The number of hydrogen-bond acceptors (Lipinski definition) is 4. The lowest BCUT2D eigenvalue weighted by atomic mass is 9.82. The zero-order chi connectivity index (χ0) is 16.4. The fourth-order valence-corrected chi connectivity index (χ4v) is 3.08. The van der Waals surface area contributed by atoms with Gasteiger partial charge in [-0.3, -0.25) is 4.79 Å². The van der Waals surface area contributed by atoms with Crippen LogP contribution < -0.4 is 10.5 Å². The molecule has 0 bridgehead atoms. The Kier molecular flexibility index (Phi) is 3.99. The molecule has 4 nitrogen and oxygen atoms in total. The van der Waals surface area contributed by atoms with E-state index in [-0.39, 0.29) is 5.97 Å². The average molecular weight is 311 g/mol. The molecule has 23 heavy (non-hydrogen) atoms. The maximum Gasteiger partial charge on any atom is 0.305 e. The summed E-state index contributed by atoms with van der Waals surface area (Å²) in [6.07, 6.45) is 0.885. The molecule has 1 aliphatic rings. The summed E-state index contributed by atoms with van der Waals surface area (Å²) in [4.78, 5) is 11.7. The lowest BCUT2D eigenvalue weighted by Crippen LogP contribution is -2.33. The lowest BCUT2D eigenvalue weighted by molar-refractivity contribution is -0.144. The summed E-state index contributed by atoms with van der Waals surface area (Å²) >= 11 is 0. The molecule has 1 atom stereocenters. The second-order valence-electron chi connectivity index (χ2n) is 5.94. The number of carbonyl (C=O) groups is 1. The molecule has 0 fully saturated rings. The number of nitrogen functional groups attached to an aromatic ring is 1. The Morgan fingerprint density at radius 3 is 2.78 bits per heavy atom. The Balaban J connectivity index is 1.98. The third-order valence-electron chi connectivity index (χ3n) is 4.24. The molecule has 1 aliphatic heterocycles. The van der Waals surface area contributed by atoms with Gasteiger partial charge >= 0.3 is 5.97 Å². The van der Waals surface area contributed by atoms with Crippen LogP contribution in [-0.2, 0) is 15.1 Å².